The number of hydrogen-bond acceptors (Lipinski definition) is 4. The maximum absolute atomic E-state index is 10.7. The molecule has 0 spiro atoms. The van der Waals surface area contributed by atoms with Crippen LogP contribution in [0.4, 0.5) is 11.5 Å². The summed E-state index contributed by atoms with van der Waals surface area (Å²) in [6.45, 7) is 3.91. The molecule has 0 aliphatic rings. The Morgan fingerprint density at radius 2 is 1.91 bits per heavy atom. The van der Waals surface area contributed by atoms with E-state index in [1.807, 2.05) is 36.6 Å². The van der Waals surface area contributed by atoms with Gasteiger partial charge in [-0.1, -0.05) is 12.1 Å². The van der Waals surface area contributed by atoms with Gasteiger partial charge in [0.2, 0.25) is 0 Å². The summed E-state index contributed by atoms with van der Waals surface area (Å²) in [7, 11) is 0. The summed E-state index contributed by atoms with van der Waals surface area (Å²) >= 11 is 0. The molecule has 0 saturated carbocycles. The number of azo groups is 1. The topological polar surface area (TPSA) is 79.3 Å². The molecule has 6 heteroatoms. The number of benzene rings is 1. The SMILES string of the molecule is Cc1ccn2c(N=Nc3ccc(CC(=O)O)cc3)c(C)nc2c1. The summed E-state index contributed by atoms with van der Waals surface area (Å²) in [6, 6.07) is 11.0. The number of pyridine rings is 1. The minimum atomic E-state index is -0.851. The Morgan fingerprint density at radius 1 is 1.17 bits per heavy atom. The Balaban J connectivity index is 1.88. The number of nitrogens with zero attached hydrogens (tertiary/aromatic N) is 4. The molecule has 116 valence electrons. The highest BCUT2D eigenvalue weighted by Gasteiger charge is 2.07. The normalized spacial score (nSPS) is 11.4. The van der Waals surface area contributed by atoms with Gasteiger partial charge in [0.15, 0.2) is 5.82 Å². The highest BCUT2D eigenvalue weighted by atomic mass is 16.4. The monoisotopic (exact) mass is 308 g/mol. The summed E-state index contributed by atoms with van der Waals surface area (Å²) in [4.78, 5) is 15.1. The Kier molecular flexibility index (Phi) is 3.89. The molecule has 0 unspecified atom stereocenters. The van der Waals surface area contributed by atoms with Gasteiger partial charge in [-0.2, -0.15) is 0 Å². The van der Waals surface area contributed by atoms with Crippen LogP contribution in [0.25, 0.3) is 5.65 Å². The van der Waals surface area contributed by atoms with Gasteiger partial charge in [-0.25, -0.2) is 4.98 Å². The molecule has 2 aromatic heterocycles. The fourth-order valence-electron chi connectivity index (χ4n) is 2.33. The smallest absolute Gasteiger partial charge is 0.307 e. The molecule has 0 aliphatic carbocycles. The Morgan fingerprint density at radius 3 is 2.61 bits per heavy atom. The number of aromatic nitrogens is 2. The van der Waals surface area contributed by atoms with Gasteiger partial charge in [0.25, 0.3) is 0 Å². The zero-order chi connectivity index (χ0) is 16.4. The van der Waals surface area contributed by atoms with Crippen molar-refractivity contribution in [2.24, 2.45) is 10.2 Å². The van der Waals surface area contributed by atoms with Crippen LogP contribution in [0.3, 0.4) is 0 Å². The fourth-order valence-corrected chi connectivity index (χ4v) is 2.33. The maximum atomic E-state index is 10.7. The third kappa shape index (κ3) is 3.26. The van der Waals surface area contributed by atoms with Crippen molar-refractivity contribution in [1.82, 2.24) is 9.38 Å². The van der Waals surface area contributed by atoms with E-state index in [9.17, 15) is 4.79 Å². The lowest BCUT2D eigenvalue weighted by Gasteiger charge is -1.99. The van der Waals surface area contributed by atoms with Crippen molar-refractivity contribution in [1.29, 1.82) is 0 Å². The number of aryl methyl sites for hydroxylation is 2. The van der Waals surface area contributed by atoms with E-state index in [-0.39, 0.29) is 6.42 Å². The van der Waals surface area contributed by atoms with Crippen molar-refractivity contribution in [2.45, 2.75) is 20.3 Å². The number of imidazole rings is 1. The molecule has 2 heterocycles. The van der Waals surface area contributed by atoms with Gasteiger partial charge in [-0.15, -0.1) is 10.2 Å². The van der Waals surface area contributed by atoms with E-state index in [1.54, 1.807) is 24.3 Å². The van der Waals surface area contributed by atoms with Gasteiger partial charge in [0, 0.05) is 6.20 Å². The molecule has 0 amide bonds. The fraction of sp³-hybridized carbons (Fsp3) is 0.176. The zero-order valence-electron chi connectivity index (χ0n) is 12.9. The van der Waals surface area contributed by atoms with E-state index >= 15 is 0 Å². The highest BCUT2D eigenvalue weighted by molar-refractivity contribution is 5.70. The van der Waals surface area contributed by atoms with Gasteiger partial charge in [0.1, 0.15) is 5.65 Å². The molecule has 1 N–H and O–H groups in total. The second kappa shape index (κ2) is 6.00. The van der Waals surface area contributed by atoms with Gasteiger partial charge in [0.05, 0.1) is 17.8 Å². The summed E-state index contributed by atoms with van der Waals surface area (Å²) in [5.74, 6) is -0.161. The van der Waals surface area contributed by atoms with Crippen LogP contribution in [0.5, 0.6) is 0 Å². The van der Waals surface area contributed by atoms with Crippen LogP contribution in [-0.2, 0) is 11.2 Å². The number of rotatable bonds is 4. The molecule has 0 saturated heterocycles. The molecule has 23 heavy (non-hydrogen) atoms. The average Bonchev–Trinajstić information content (AvgIpc) is 2.80. The molecule has 0 radical (unpaired) electrons. The molecule has 0 fully saturated rings. The lowest BCUT2D eigenvalue weighted by atomic mass is 10.1. The van der Waals surface area contributed by atoms with Crippen LogP contribution in [0.2, 0.25) is 0 Å². The quantitative estimate of drug-likeness (QED) is 0.740. The molecule has 0 aliphatic heterocycles. The molecule has 0 bridgehead atoms. The molecular formula is C17H16N4O2. The van der Waals surface area contributed by atoms with Crippen LogP contribution in [0.15, 0.2) is 52.8 Å². The number of carbonyl (C=O) groups is 1. The van der Waals surface area contributed by atoms with Crippen molar-refractivity contribution in [3.05, 3.63) is 59.4 Å². The molecule has 1 aromatic carbocycles. The lowest BCUT2D eigenvalue weighted by molar-refractivity contribution is -0.136. The lowest BCUT2D eigenvalue weighted by Crippen LogP contribution is -1.99. The summed E-state index contributed by atoms with van der Waals surface area (Å²) in [6.07, 6.45) is 1.93. The Hall–Kier alpha value is -3.02. The van der Waals surface area contributed by atoms with Crippen LogP contribution in [-0.4, -0.2) is 20.5 Å². The maximum Gasteiger partial charge on any atom is 0.307 e. The van der Waals surface area contributed by atoms with Crippen LogP contribution < -0.4 is 0 Å². The van der Waals surface area contributed by atoms with Crippen molar-refractivity contribution in [2.75, 3.05) is 0 Å². The number of fused-ring (bicyclic) bond motifs is 1. The predicted octanol–water partition coefficient (Wildman–Crippen LogP) is 3.99. The largest absolute Gasteiger partial charge is 0.481 e. The summed E-state index contributed by atoms with van der Waals surface area (Å²) in [5, 5.41) is 17.3. The summed E-state index contributed by atoms with van der Waals surface area (Å²) < 4.78 is 1.89. The second-order valence-corrected chi connectivity index (χ2v) is 5.39. The predicted molar refractivity (Wildman–Crippen MR) is 86.6 cm³/mol. The number of carboxylic acids is 1. The van der Waals surface area contributed by atoms with E-state index in [1.165, 1.54) is 0 Å². The van der Waals surface area contributed by atoms with Crippen LogP contribution in [0.1, 0.15) is 16.8 Å². The van der Waals surface area contributed by atoms with E-state index in [0.717, 1.165) is 22.5 Å². The first kappa shape index (κ1) is 14.9. The third-order valence-electron chi connectivity index (χ3n) is 3.48. The molecule has 3 rings (SSSR count). The van der Waals surface area contributed by atoms with Crippen molar-refractivity contribution in [3.63, 3.8) is 0 Å². The van der Waals surface area contributed by atoms with Gasteiger partial charge < -0.3 is 5.11 Å². The number of carboxylic acid groups (broad SMARTS) is 1. The standard InChI is InChI=1S/C17H16N4O2/c1-11-7-8-21-15(9-11)18-12(2)17(21)20-19-14-5-3-13(4-6-14)10-16(22)23/h3-9H,10H2,1-2H3,(H,22,23). The first-order valence-electron chi connectivity index (χ1n) is 7.21. The second-order valence-electron chi connectivity index (χ2n) is 5.39. The molecular weight excluding hydrogens is 292 g/mol. The third-order valence-corrected chi connectivity index (χ3v) is 3.48. The van der Waals surface area contributed by atoms with Crippen molar-refractivity contribution < 1.29 is 9.90 Å². The van der Waals surface area contributed by atoms with Crippen LogP contribution in [0, 0.1) is 13.8 Å². The highest BCUT2D eigenvalue weighted by Crippen LogP contribution is 2.24. The van der Waals surface area contributed by atoms with Gasteiger partial charge in [-0.05, 0) is 49.2 Å². The first-order chi connectivity index (χ1) is 11.0. The van der Waals surface area contributed by atoms with E-state index in [4.69, 9.17) is 5.11 Å². The van der Waals surface area contributed by atoms with E-state index < -0.39 is 5.97 Å². The van der Waals surface area contributed by atoms with E-state index in [2.05, 4.69) is 15.2 Å². The zero-order valence-corrected chi connectivity index (χ0v) is 12.9. The summed E-state index contributed by atoms with van der Waals surface area (Å²) in [5.41, 5.74) is 4.19. The van der Waals surface area contributed by atoms with Gasteiger partial charge in [-0.3, -0.25) is 9.20 Å². The van der Waals surface area contributed by atoms with Crippen molar-refractivity contribution in [3.8, 4) is 0 Å². The molecule has 6 nitrogen and oxygen atoms in total. The minimum absolute atomic E-state index is 0.00312. The van der Waals surface area contributed by atoms with E-state index in [0.29, 0.717) is 11.5 Å². The first-order valence-corrected chi connectivity index (χ1v) is 7.21. The van der Waals surface area contributed by atoms with Crippen molar-refractivity contribution >= 4 is 23.1 Å². The number of aliphatic carboxylic acids is 1. The number of hydrogen-bond donors (Lipinski definition) is 1. The Bertz CT molecular complexity index is 895. The minimum Gasteiger partial charge on any atom is -0.481 e. The Labute approximate surface area is 133 Å². The average molecular weight is 308 g/mol. The molecule has 0 atom stereocenters. The molecule has 3 aromatic rings. The van der Waals surface area contributed by atoms with Crippen LogP contribution >= 0.6 is 0 Å². The van der Waals surface area contributed by atoms with Gasteiger partial charge >= 0.3 is 5.97 Å².